The first-order valence-corrected chi connectivity index (χ1v) is 8.16. The highest BCUT2D eigenvalue weighted by Gasteiger charge is 2.40. The normalized spacial score (nSPS) is 22.9. The summed E-state index contributed by atoms with van der Waals surface area (Å²) < 4.78 is 6.35. The van der Waals surface area contributed by atoms with Gasteiger partial charge in [-0.1, -0.05) is 47.6 Å². The monoisotopic (exact) mass is 365 g/mol. The number of ether oxygens (including phenoxy) is 1. The topological polar surface area (TPSA) is 55.4 Å². The van der Waals surface area contributed by atoms with Crippen molar-refractivity contribution in [3.05, 3.63) is 46.6 Å². The van der Waals surface area contributed by atoms with Crippen molar-refractivity contribution in [2.45, 2.75) is 38.7 Å². The highest BCUT2D eigenvalue weighted by Crippen LogP contribution is 2.39. The Bertz CT molecular complexity index is 599. The van der Waals surface area contributed by atoms with Gasteiger partial charge >= 0.3 is 5.97 Å². The fourth-order valence-corrected chi connectivity index (χ4v) is 3.17. The minimum Gasteiger partial charge on any atom is -0.462 e. The maximum Gasteiger partial charge on any atom is 0.315 e. The Morgan fingerprint density at radius 2 is 2.18 bits per heavy atom. The zero-order chi connectivity index (χ0) is 16.3. The standard InChI is InChI=1S/C17H20BrNO3/c1-4-10(2)22-17(21)16-11(3)19-15(20)9-13(16)12-7-5-6-8-14(12)18/h5-8,10,13,16H,3-4,9H2,1-2H3,(H,19,20). The molecule has 1 aromatic carbocycles. The molecule has 0 bridgehead atoms. The molecule has 1 amide bonds. The molecule has 1 aliphatic heterocycles. The summed E-state index contributed by atoms with van der Waals surface area (Å²) in [5, 5.41) is 2.67. The van der Waals surface area contributed by atoms with Gasteiger partial charge < -0.3 is 10.1 Å². The van der Waals surface area contributed by atoms with Gasteiger partial charge in [0.2, 0.25) is 5.91 Å². The van der Waals surface area contributed by atoms with Gasteiger partial charge in [-0.05, 0) is 25.0 Å². The lowest BCUT2D eigenvalue weighted by atomic mass is 9.79. The van der Waals surface area contributed by atoms with Gasteiger partial charge in [0, 0.05) is 22.5 Å². The maximum atomic E-state index is 12.5. The number of piperidine rings is 1. The van der Waals surface area contributed by atoms with E-state index in [2.05, 4.69) is 27.8 Å². The molecule has 1 aliphatic rings. The molecule has 1 saturated heterocycles. The van der Waals surface area contributed by atoms with Crippen molar-refractivity contribution >= 4 is 27.8 Å². The minimum absolute atomic E-state index is 0.127. The Labute approximate surface area is 139 Å². The lowest BCUT2D eigenvalue weighted by Gasteiger charge is -2.33. The van der Waals surface area contributed by atoms with Crippen LogP contribution in [0.4, 0.5) is 0 Å². The average molecular weight is 366 g/mol. The summed E-state index contributed by atoms with van der Waals surface area (Å²) in [5.41, 5.74) is 1.33. The first kappa shape index (κ1) is 16.7. The summed E-state index contributed by atoms with van der Waals surface area (Å²) in [4.78, 5) is 24.4. The molecule has 1 heterocycles. The van der Waals surface area contributed by atoms with Crippen LogP contribution >= 0.6 is 15.9 Å². The van der Waals surface area contributed by atoms with Crippen molar-refractivity contribution in [3.8, 4) is 0 Å². The number of carbonyl (C=O) groups is 2. The fourth-order valence-electron chi connectivity index (χ4n) is 2.60. The molecule has 5 heteroatoms. The summed E-state index contributed by atoms with van der Waals surface area (Å²) in [6, 6.07) is 7.62. The number of carbonyl (C=O) groups excluding carboxylic acids is 2. The van der Waals surface area contributed by atoms with Crippen molar-refractivity contribution in [3.63, 3.8) is 0 Å². The van der Waals surface area contributed by atoms with Crippen molar-refractivity contribution in [2.75, 3.05) is 0 Å². The number of rotatable bonds is 4. The Balaban J connectivity index is 2.34. The minimum atomic E-state index is -0.564. The van der Waals surface area contributed by atoms with Crippen LogP contribution in [-0.4, -0.2) is 18.0 Å². The van der Waals surface area contributed by atoms with Crippen LogP contribution in [0.25, 0.3) is 0 Å². The van der Waals surface area contributed by atoms with E-state index in [4.69, 9.17) is 4.74 Å². The van der Waals surface area contributed by atoms with Crippen LogP contribution < -0.4 is 5.32 Å². The SMILES string of the molecule is C=C1NC(=O)CC(c2ccccc2Br)C1C(=O)OC(C)CC. The second-order valence-electron chi connectivity index (χ2n) is 5.54. The number of amides is 1. The molecule has 0 radical (unpaired) electrons. The number of halogens is 1. The van der Waals surface area contributed by atoms with Gasteiger partial charge in [0.1, 0.15) is 5.92 Å². The highest BCUT2D eigenvalue weighted by molar-refractivity contribution is 9.10. The Morgan fingerprint density at radius 3 is 2.82 bits per heavy atom. The third kappa shape index (κ3) is 3.58. The van der Waals surface area contributed by atoms with Crippen LogP contribution in [0.15, 0.2) is 41.0 Å². The first-order valence-electron chi connectivity index (χ1n) is 7.37. The van der Waals surface area contributed by atoms with E-state index >= 15 is 0 Å². The summed E-state index contributed by atoms with van der Waals surface area (Å²) in [6.07, 6.45) is 0.830. The summed E-state index contributed by atoms with van der Waals surface area (Å²) in [6.45, 7) is 7.67. The lowest BCUT2D eigenvalue weighted by molar-refractivity contribution is -0.153. The van der Waals surface area contributed by atoms with Crippen LogP contribution in [0, 0.1) is 5.92 Å². The predicted octanol–water partition coefficient (Wildman–Crippen LogP) is 3.52. The van der Waals surface area contributed by atoms with Crippen molar-refractivity contribution in [2.24, 2.45) is 5.92 Å². The van der Waals surface area contributed by atoms with Crippen LogP contribution in [0.1, 0.15) is 38.2 Å². The first-order chi connectivity index (χ1) is 10.4. The number of nitrogens with one attached hydrogen (secondary N) is 1. The third-order valence-electron chi connectivity index (χ3n) is 3.93. The number of esters is 1. The quantitative estimate of drug-likeness (QED) is 0.830. The summed E-state index contributed by atoms with van der Waals surface area (Å²) in [7, 11) is 0. The van der Waals surface area contributed by atoms with E-state index in [1.54, 1.807) is 0 Å². The maximum absolute atomic E-state index is 12.5. The van der Waals surface area contributed by atoms with Crippen LogP contribution in [-0.2, 0) is 14.3 Å². The van der Waals surface area contributed by atoms with Gasteiger partial charge in [-0.2, -0.15) is 0 Å². The molecule has 2 rings (SSSR count). The van der Waals surface area contributed by atoms with E-state index in [0.29, 0.717) is 5.70 Å². The van der Waals surface area contributed by atoms with E-state index in [1.165, 1.54) is 0 Å². The summed E-state index contributed by atoms with van der Waals surface area (Å²) >= 11 is 3.50. The van der Waals surface area contributed by atoms with Gasteiger partial charge in [-0.3, -0.25) is 9.59 Å². The molecule has 3 atom stereocenters. The van der Waals surface area contributed by atoms with Crippen LogP contribution in [0.2, 0.25) is 0 Å². The number of benzene rings is 1. The van der Waals surface area contributed by atoms with Gasteiger partial charge in [-0.25, -0.2) is 0 Å². The smallest absolute Gasteiger partial charge is 0.315 e. The van der Waals surface area contributed by atoms with Crippen molar-refractivity contribution < 1.29 is 14.3 Å². The van der Waals surface area contributed by atoms with Crippen LogP contribution in [0.3, 0.4) is 0 Å². The van der Waals surface area contributed by atoms with Gasteiger partial charge in [0.05, 0.1) is 6.10 Å². The molecule has 0 spiro atoms. The number of hydrogen-bond acceptors (Lipinski definition) is 3. The Hall–Kier alpha value is -1.62. The molecule has 0 aromatic heterocycles. The molecule has 118 valence electrons. The highest BCUT2D eigenvalue weighted by atomic mass is 79.9. The molecule has 22 heavy (non-hydrogen) atoms. The van der Waals surface area contributed by atoms with Crippen LogP contribution in [0.5, 0.6) is 0 Å². The average Bonchev–Trinajstić information content (AvgIpc) is 2.46. The molecule has 3 unspecified atom stereocenters. The molecule has 1 aromatic rings. The van der Waals surface area contributed by atoms with Gasteiger partial charge in [0.15, 0.2) is 0 Å². The second kappa shape index (κ2) is 7.09. The zero-order valence-corrected chi connectivity index (χ0v) is 14.4. The van der Waals surface area contributed by atoms with E-state index in [1.807, 2.05) is 38.1 Å². The van der Waals surface area contributed by atoms with Crippen molar-refractivity contribution in [1.82, 2.24) is 5.32 Å². The van der Waals surface area contributed by atoms with E-state index < -0.39 is 5.92 Å². The molecular formula is C17H20BrNO3. The lowest BCUT2D eigenvalue weighted by Crippen LogP contribution is -2.42. The van der Waals surface area contributed by atoms with Gasteiger partial charge in [-0.15, -0.1) is 0 Å². The van der Waals surface area contributed by atoms with Gasteiger partial charge in [0.25, 0.3) is 0 Å². The van der Waals surface area contributed by atoms with E-state index in [0.717, 1.165) is 16.5 Å². The molecular weight excluding hydrogens is 346 g/mol. The predicted molar refractivity (Wildman–Crippen MR) is 88.1 cm³/mol. The molecule has 4 nitrogen and oxygen atoms in total. The Morgan fingerprint density at radius 1 is 1.50 bits per heavy atom. The fraction of sp³-hybridized carbons (Fsp3) is 0.412. The molecule has 1 N–H and O–H groups in total. The number of hydrogen-bond donors (Lipinski definition) is 1. The zero-order valence-electron chi connectivity index (χ0n) is 12.8. The summed E-state index contributed by atoms with van der Waals surface area (Å²) in [5.74, 6) is -1.29. The Kier molecular flexibility index (Phi) is 5.40. The van der Waals surface area contributed by atoms with E-state index in [-0.39, 0.29) is 30.3 Å². The molecule has 0 saturated carbocycles. The van der Waals surface area contributed by atoms with Crippen molar-refractivity contribution in [1.29, 1.82) is 0 Å². The van der Waals surface area contributed by atoms with E-state index in [9.17, 15) is 9.59 Å². The third-order valence-corrected chi connectivity index (χ3v) is 4.66. The molecule has 0 aliphatic carbocycles. The largest absolute Gasteiger partial charge is 0.462 e. The molecule has 1 fully saturated rings. The second-order valence-corrected chi connectivity index (χ2v) is 6.39.